The molecule has 0 fully saturated rings. The molecule has 2 rings (SSSR count). The number of carbonyl (C=O) groups excluding carboxylic acids is 1. The molecular formula is C13H9BrClN3O2. The Balaban J connectivity index is 2.10. The van der Waals surface area contributed by atoms with Crippen LogP contribution >= 0.6 is 27.5 Å². The predicted molar refractivity (Wildman–Crippen MR) is 80.1 cm³/mol. The van der Waals surface area contributed by atoms with Crippen molar-refractivity contribution in [2.75, 3.05) is 0 Å². The maximum atomic E-state index is 11.7. The highest BCUT2D eigenvalue weighted by Crippen LogP contribution is 2.30. The molecule has 0 aliphatic rings. The Labute approximate surface area is 128 Å². The maximum absolute atomic E-state index is 11.7. The van der Waals surface area contributed by atoms with Crippen LogP contribution in [0.4, 0.5) is 0 Å². The number of nitrogens with one attached hydrogen (secondary N) is 1. The summed E-state index contributed by atoms with van der Waals surface area (Å²) in [5.74, 6) is -0.548. The number of hydrogen-bond acceptors (Lipinski definition) is 4. The van der Waals surface area contributed by atoms with Gasteiger partial charge in [0, 0.05) is 16.2 Å². The molecule has 1 heterocycles. The fourth-order valence-electron chi connectivity index (χ4n) is 1.40. The van der Waals surface area contributed by atoms with Crippen LogP contribution in [0.2, 0.25) is 5.02 Å². The van der Waals surface area contributed by atoms with Gasteiger partial charge in [-0.15, -0.1) is 0 Å². The Bertz CT molecular complexity index is 662. The van der Waals surface area contributed by atoms with Crippen molar-refractivity contribution in [1.29, 1.82) is 0 Å². The average Bonchev–Trinajstić information content (AvgIpc) is 2.44. The van der Waals surface area contributed by atoms with E-state index in [0.717, 1.165) is 0 Å². The summed E-state index contributed by atoms with van der Waals surface area (Å²) in [4.78, 5) is 15.6. The number of amides is 1. The number of hydrogen-bond donors (Lipinski definition) is 2. The van der Waals surface area contributed by atoms with Crippen molar-refractivity contribution < 1.29 is 9.90 Å². The van der Waals surface area contributed by atoms with Gasteiger partial charge in [-0.25, -0.2) is 5.43 Å². The lowest BCUT2D eigenvalue weighted by Gasteiger charge is -2.02. The van der Waals surface area contributed by atoms with E-state index in [9.17, 15) is 9.90 Å². The molecule has 0 atom stereocenters. The van der Waals surface area contributed by atoms with Gasteiger partial charge in [0.1, 0.15) is 11.4 Å². The van der Waals surface area contributed by atoms with Crippen LogP contribution < -0.4 is 5.43 Å². The number of benzene rings is 1. The monoisotopic (exact) mass is 353 g/mol. The fraction of sp³-hybridized carbons (Fsp3) is 0. The molecule has 0 bridgehead atoms. The second-order valence-corrected chi connectivity index (χ2v) is 5.06. The molecule has 0 aliphatic heterocycles. The molecule has 0 radical (unpaired) electrons. The van der Waals surface area contributed by atoms with Gasteiger partial charge in [0.2, 0.25) is 0 Å². The number of hydrazone groups is 1. The van der Waals surface area contributed by atoms with Crippen LogP contribution in [-0.4, -0.2) is 22.2 Å². The van der Waals surface area contributed by atoms with Gasteiger partial charge in [-0.1, -0.05) is 33.6 Å². The van der Waals surface area contributed by atoms with E-state index in [1.165, 1.54) is 12.4 Å². The first kappa shape index (κ1) is 14.5. The molecule has 0 saturated carbocycles. The standard InChI is InChI=1S/C13H9BrClN3O2/c14-9-5-8(12(19)10(15)6-9)7-17-18-13(20)11-3-1-2-4-16-11/h1-7,19H,(H,18,20). The summed E-state index contributed by atoms with van der Waals surface area (Å²) in [5, 5.41) is 13.7. The summed E-state index contributed by atoms with van der Waals surface area (Å²) in [6.45, 7) is 0. The van der Waals surface area contributed by atoms with Crippen LogP contribution in [0.1, 0.15) is 16.1 Å². The number of phenolic OH excluding ortho intramolecular Hbond substituents is 1. The zero-order valence-corrected chi connectivity index (χ0v) is 12.4. The SMILES string of the molecule is O=C(NN=Cc1cc(Br)cc(Cl)c1O)c1ccccn1. The number of rotatable bonds is 3. The molecule has 102 valence electrons. The summed E-state index contributed by atoms with van der Waals surface area (Å²) in [6.07, 6.45) is 2.81. The lowest BCUT2D eigenvalue weighted by Crippen LogP contribution is -2.18. The smallest absolute Gasteiger partial charge is 0.289 e. The minimum Gasteiger partial charge on any atom is -0.506 e. The molecule has 1 aromatic carbocycles. The second kappa shape index (κ2) is 6.49. The first-order valence-electron chi connectivity index (χ1n) is 5.50. The third-order valence-corrected chi connectivity index (χ3v) is 3.07. The number of aromatic hydroxyl groups is 1. The highest BCUT2D eigenvalue weighted by Gasteiger charge is 2.07. The molecule has 2 aromatic rings. The van der Waals surface area contributed by atoms with E-state index < -0.39 is 5.91 Å². The lowest BCUT2D eigenvalue weighted by molar-refractivity contribution is 0.0950. The summed E-state index contributed by atoms with van der Waals surface area (Å²) in [5.41, 5.74) is 2.94. The fourth-order valence-corrected chi connectivity index (χ4v) is 2.23. The first-order chi connectivity index (χ1) is 9.58. The largest absolute Gasteiger partial charge is 0.506 e. The van der Waals surface area contributed by atoms with Crippen molar-refractivity contribution in [3.8, 4) is 5.75 Å². The molecule has 0 saturated heterocycles. The summed E-state index contributed by atoms with van der Waals surface area (Å²) in [7, 11) is 0. The number of aromatic nitrogens is 1. The van der Waals surface area contributed by atoms with Gasteiger partial charge in [0.05, 0.1) is 11.2 Å². The Hall–Kier alpha value is -1.92. The molecule has 0 aliphatic carbocycles. The van der Waals surface area contributed by atoms with Crippen LogP contribution in [0.3, 0.4) is 0 Å². The van der Waals surface area contributed by atoms with Crippen LogP contribution in [0.25, 0.3) is 0 Å². The van der Waals surface area contributed by atoms with Crippen molar-refractivity contribution in [2.45, 2.75) is 0 Å². The first-order valence-corrected chi connectivity index (χ1v) is 6.67. The van der Waals surface area contributed by atoms with Gasteiger partial charge < -0.3 is 5.11 Å². The molecule has 0 spiro atoms. The third-order valence-electron chi connectivity index (χ3n) is 2.32. The van der Waals surface area contributed by atoms with Crippen molar-refractivity contribution in [2.24, 2.45) is 5.10 Å². The highest BCUT2D eigenvalue weighted by atomic mass is 79.9. The van der Waals surface area contributed by atoms with Crippen LogP contribution in [0.5, 0.6) is 5.75 Å². The molecule has 1 aromatic heterocycles. The normalized spacial score (nSPS) is 10.7. The Morgan fingerprint density at radius 2 is 2.25 bits per heavy atom. The van der Waals surface area contributed by atoms with E-state index in [2.05, 4.69) is 31.4 Å². The van der Waals surface area contributed by atoms with E-state index in [-0.39, 0.29) is 16.5 Å². The van der Waals surface area contributed by atoms with Gasteiger partial charge in [0.15, 0.2) is 0 Å². The van der Waals surface area contributed by atoms with Crippen LogP contribution in [0.15, 0.2) is 46.1 Å². The molecular weight excluding hydrogens is 346 g/mol. The Morgan fingerprint density at radius 1 is 1.45 bits per heavy atom. The Morgan fingerprint density at radius 3 is 2.95 bits per heavy atom. The number of halogens is 2. The van der Waals surface area contributed by atoms with Gasteiger partial charge in [-0.05, 0) is 24.3 Å². The summed E-state index contributed by atoms with van der Waals surface area (Å²) < 4.78 is 0.692. The Kier molecular flexibility index (Phi) is 4.70. The van der Waals surface area contributed by atoms with Gasteiger partial charge in [-0.2, -0.15) is 5.10 Å². The minimum absolute atomic E-state index is 0.106. The molecule has 5 nitrogen and oxygen atoms in total. The van der Waals surface area contributed by atoms with Crippen molar-refractivity contribution in [3.63, 3.8) is 0 Å². The number of phenols is 1. The molecule has 1 amide bonds. The maximum Gasteiger partial charge on any atom is 0.289 e. The van der Waals surface area contributed by atoms with E-state index >= 15 is 0 Å². The average molecular weight is 355 g/mol. The van der Waals surface area contributed by atoms with E-state index in [4.69, 9.17) is 11.6 Å². The third kappa shape index (κ3) is 3.55. The summed E-state index contributed by atoms with van der Waals surface area (Å²) in [6, 6.07) is 8.16. The van der Waals surface area contributed by atoms with E-state index in [1.54, 1.807) is 30.3 Å². The molecule has 20 heavy (non-hydrogen) atoms. The lowest BCUT2D eigenvalue weighted by atomic mass is 10.2. The molecule has 7 heteroatoms. The topological polar surface area (TPSA) is 74.6 Å². The number of nitrogens with zero attached hydrogens (tertiary/aromatic N) is 2. The van der Waals surface area contributed by atoms with Crippen LogP contribution in [-0.2, 0) is 0 Å². The van der Waals surface area contributed by atoms with Crippen molar-refractivity contribution >= 4 is 39.7 Å². The van der Waals surface area contributed by atoms with Crippen molar-refractivity contribution in [1.82, 2.24) is 10.4 Å². The van der Waals surface area contributed by atoms with Crippen molar-refractivity contribution in [3.05, 3.63) is 57.3 Å². The molecule has 0 unspecified atom stereocenters. The van der Waals surface area contributed by atoms with E-state index in [1.807, 2.05) is 0 Å². The zero-order valence-electron chi connectivity index (χ0n) is 10.0. The number of carbonyl (C=O) groups is 1. The minimum atomic E-state index is -0.442. The van der Waals surface area contributed by atoms with Gasteiger partial charge in [-0.3, -0.25) is 9.78 Å². The number of pyridine rings is 1. The highest BCUT2D eigenvalue weighted by molar-refractivity contribution is 9.10. The quantitative estimate of drug-likeness (QED) is 0.657. The second-order valence-electron chi connectivity index (χ2n) is 3.74. The molecule has 2 N–H and O–H groups in total. The summed E-state index contributed by atoms with van der Waals surface area (Å²) >= 11 is 9.07. The van der Waals surface area contributed by atoms with Crippen LogP contribution in [0, 0.1) is 0 Å². The van der Waals surface area contributed by atoms with E-state index in [0.29, 0.717) is 10.0 Å². The predicted octanol–water partition coefficient (Wildman–Crippen LogP) is 2.97. The zero-order chi connectivity index (χ0) is 14.5. The van der Waals surface area contributed by atoms with Gasteiger partial charge in [0.25, 0.3) is 5.91 Å². The van der Waals surface area contributed by atoms with Gasteiger partial charge >= 0.3 is 0 Å².